The molecular formula is C13H13N3O3. The van der Waals surface area contributed by atoms with E-state index in [0.717, 1.165) is 0 Å². The molecule has 0 radical (unpaired) electrons. The van der Waals surface area contributed by atoms with Crippen molar-refractivity contribution in [3.8, 4) is 0 Å². The molecule has 1 aromatic carbocycles. The minimum atomic E-state index is -0.884. The van der Waals surface area contributed by atoms with Crippen molar-refractivity contribution in [2.45, 2.75) is 6.42 Å². The first-order valence-corrected chi connectivity index (χ1v) is 5.64. The maximum atomic E-state index is 11.8. The lowest BCUT2D eigenvalue weighted by Gasteiger charge is -2.04. The van der Waals surface area contributed by atoms with Crippen LogP contribution < -0.4 is 5.32 Å². The zero-order valence-electron chi connectivity index (χ0n) is 10.3. The Hall–Kier alpha value is -2.63. The van der Waals surface area contributed by atoms with E-state index in [2.05, 4.69) is 10.3 Å². The number of hydrogen-bond donors (Lipinski definition) is 2. The summed E-state index contributed by atoms with van der Waals surface area (Å²) in [5, 5.41) is 11.3. The molecule has 19 heavy (non-hydrogen) atoms. The lowest BCUT2D eigenvalue weighted by atomic mass is 10.1. The fourth-order valence-corrected chi connectivity index (χ4v) is 1.61. The molecule has 0 unspecified atom stereocenters. The fourth-order valence-electron chi connectivity index (χ4n) is 1.61. The van der Waals surface area contributed by atoms with E-state index in [1.54, 1.807) is 48.4 Å². The fraction of sp³-hybridized carbons (Fsp3) is 0.154. The predicted molar refractivity (Wildman–Crippen MR) is 68.9 cm³/mol. The summed E-state index contributed by atoms with van der Waals surface area (Å²) >= 11 is 0. The Labute approximate surface area is 109 Å². The van der Waals surface area contributed by atoms with Gasteiger partial charge in [0, 0.05) is 18.9 Å². The average Bonchev–Trinajstić information content (AvgIpc) is 2.78. The number of carboxylic acids is 1. The number of carboxylic acid groups (broad SMARTS) is 1. The van der Waals surface area contributed by atoms with Crippen molar-refractivity contribution in [1.29, 1.82) is 0 Å². The van der Waals surface area contributed by atoms with Gasteiger partial charge in [0.25, 0.3) is 5.91 Å². The highest BCUT2D eigenvalue weighted by Gasteiger charge is 2.09. The smallest absolute Gasteiger partial charge is 0.307 e. The van der Waals surface area contributed by atoms with Crippen molar-refractivity contribution in [2.75, 3.05) is 5.32 Å². The summed E-state index contributed by atoms with van der Waals surface area (Å²) in [6.07, 6.45) is 3.13. The van der Waals surface area contributed by atoms with Crippen LogP contribution in [0, 0.1) is 0 Å². The molecule has 2 N–H and O–H groups in total. The number of hydrogen-bond acceptors (Lipinski definition) is 3. The maximum absolute atomic E-state index is 11.8. The highest BCUT2D eigenvalue weighted by molar-refractivity contribution is 6.02. The number of amides is 1. The van der Waals surface area contributed by atoms with Gasteiger partial charge in [0.15, 0.2) is 0 Å². The van der Waals surface area contributed by atoms with E-state index >= 15 is 0 Å². The molecule has 2 rings (SSSR count). The first kappa shape index (κ1) is 12.8. The van der Waals surface area contributed by atoms with E-state index in [-0.39, 0.29) is 12.3 Å². The number of imidazole rings is 1. The van der Waals surface area contributed by atoms with Crippen LogP contribution in [0.3, 0.4) is 0 Å². The van der Waals surface area contributed by atoms with Gasteiger partial charge >= 0.3 is 5.97 Å². The van der Waals surface area contributed by atoms with E-state index in [1.165, 1.54) is 0 Å². The van der Waals surface area contributed by atoms with Crippen LogP contribution in [0.15, 0.2) is 36.8 Å². The number of aliphatic carboxylic acids is 1. The van der Waals surface area contributed by atoms with Crippen LogP contribution in [0.25, 0.3) is 0 Å². The highest BCUT2D eigenvalue weighted by atomic mass is 16.4. The molecule has 1 amide bonds. The Bertz CT molecular complexity index is 602. The summed E-state index contributed by atoms with van der Waals surface area (Å²) < 4.78 is 1.69. The molecule has 6 heteroatoms. The van der Waals surface area contributed by atoms with Crippen LogP contribution >= 0.6 is 0 Å². The van der Waals surface area contributed by atoms with E-state index in [4.69, 9.17) is 5.11 Å². The largest absolute Gasteiger partial charge is 0.481 e. The van der Waals surface area contributed by atoms with Crippen LogP contribution in [0.1, 0.15) is 16.1 Å². The second kappa shape index (κ2) is 5.34. The van der Waals surface area contributed by atoms with Crippen molar-refractivity contribution < 1.29 is 14.7 Å². The lowest BCUT2D eigenvalue weighted by Crippen LogP contribution is -2.12. The Morgan fingerprint density at radius 3 is 2.53 bits per heavy atom. The van der Waals surface area contributed by atoms with Crippen molar-refractivity contribution in [3.05, 3.63) is 48.0 Å². The summed E-state index contributed by atoms with van der Waals surface area (Å²) in [6, 6.07) is 6.67. The van der Waals surface area contributed by atoms with Gasteiger partial charge < -0.3 is 15.0 Å². The molecule has 6 nitrogen and oxygen atoms in total. The van der Waals surface area contributed by atoms with E-state index in [0.29, 0.717) is 16.9 Å². The molecule has 0 aliphatic heterocycles. The molecule has 0 aliphatic rings. The molecular weight excluding hydrogens is 246 g/mol. The molecule has 0 fully saturated rings. The number of rotatable bonds is 4. The minimum Gasteiger partial charge on any atom is -0.481 e. The molecule has 1 heterocycles. The third kappa shape index (κ3) is 3.41. The summed E-state index contributed by atoms with van der Waals surface area (Å²) in [5.41, 5.74) is 1.62. The van der Waals surface area contributed by atoms with E-state index in [9.17, 15) is 9.59 Å². The summed E-state index contributed by atoms with van der Waals surface area (Å²) in [7, 11) is 1.78. The normalized spacial score (nSPS) is 10.2. The minimum absolute atomic E-state index is 0.0333. The number of nitrogens with one attached hydrogen (secondary N) is 1. The molecule has 0 bridgehead atoms. The third-order valence-corrected chi connectivity index (χ3v) is 2.50. The van der Waals surface area contributed by atoms with Gasteiger partial charge in [0.05, 0.1) is 12.7 Å². The molecule has 0 saturated carbocycles. The van der Waals surface area contributed by atoms with Gasteiger partial charge in [-0.25, -0.2) is 4.98 Å². The standard InChI is InChI=1S/C13H13N3O3/c1-16-7-11(14-8-16)13(19)15-10-4-2-9(3-5-10)6-12(17)18/h2-5,7-8H,6H2,1H3,(H,15,19)(H,17,18). The Kier molecular flexibility index (Phi) is 3.61. The lowest BCUT2D eigenvalue weighted by molar-refractivity contribution is -0.136. The van der Waals surface area contributed by atoms with Crippen molar-refractivity contribution in [3.63, 3.8) is 0 Å². The second-order valence-electron chi connectivity index (χ2n) is 4.15. The number of aryl methyl sites for hydroxylation is 1. The van der Waals surface area contributed by atoms with E-state index in [1.807, 2.05) is 0 Å². The SMILES string of the molecule is Cn1cnc(C(=O)Nc2ccc(CC(=O)O)cc2)c1. The third-order valence-electron chi connectivity index (χ3n) is 2.50. The molecule has 0 atom stereocenters. The van der Waals surface area contributed by atoms with Crippen LogP contribution in [0.2, 0.25) is 0 Å². The van der Waals surface area contributed by atoms with Gasteiger partial charge in [-0.15, -0.1) is 0 Å². The number of carbonyl (C=O) groups excluding carboxylic acids is 1. The van der Waals surface area contributed by atoms with Gasteiger partial charge in [-0.2, -0.15) is 0 Å². The molecule has 1 aromatic heterocycles. The Morgan fingerprint density at radius 1 is 1.32 bits per heavy atom. The van der Waals surface area contributed by atoms with Gasteiger partial charge in [-0.3, -0.25) is 9.59 Å². The maximum Gasteiger partial charge on any atom is 0.307 e. The van der Waals surface area contributed by atoms with Crippen molar-refractivity contribution >= 4 is 17.6 Å². The van der Waals surface area contributed by atoms with Crippen molar-refractivity contribution in [2.24, 2.45) is 7.05 Å². The van der Waals surface area contributed by atoms with Crippen LogP contribution in [-0.2, 0) is 18.3 Å². The molecule has 0 aliphatic carbocycles. The average molecular weight is 259 g/mol. The monoisotopic (exact) mass is 259 g/mol. The Balaban J connectivity index is 2.03. The number of benzene rings is 1. The number of anilines is 1. The molecule has 98 valence electrons. The van der Waals surface area contributed by atoms with Gasteiger partial charge in [0.2, 0.25) is 0 Å². The zero-order chi connectivity index (χ0) is 13.8. The molecule has 0 spiro atoms. The van der Waals surface area contributed by atoms with Gasteiger partial charge in [-0.05, 0) is 17.7 Å². The topological polar surface area (TPSA) is 84.2 Å². The quantitative estimate of drug-likeness (QED) is 0.866. The van der Waals surface area contributed by atoms with Crippen LogP contribution in [0.5, 0.6) is 0 Å². The summed E-state index contributed by atoms with van der Waals surface area (Å²) in [5.74, 6) is -1.18. The second-order valence-corrected chi connectivity index (χ2v) is 4.15. The summed E-state index contributed by atoms with van der Waals surface area (Å²) in [4.78, 5) is 26.3. The molecule has 0 saturated heterocycles. The van der Waals surface area contributed by atoms with Crippen molar-refractivity contribution in [1.82, 2.24) is 9.55 Å². The van der Waals surface area contributed by atoms with Gasteiger partial charge in [0.1, 0.15) is 5.69 Å². The van der Waals surface area contributed by atoms with Crippen LogP contribution in [0.4, 0.5) is 5.69 Å². The number of aromatic nitrogens is 2. The van der Waals surface area contributed by atoms with Crippen LogP contribution in [-0.4, -0.2) is 26.5 Å². The first-order valence-electron chi connectivity index (χ1n) is 5.64. The predicted octanol–water partition coefficient (Wildman–Crippen LogP) is 1.30. The zero-order valence-corrected chi connectivity index (χ0v) is 10.3. The summed E-state index contributed by atoms with van der Waals surface area (Å²) in [6.45, 7) is 0. The first-order chi connectivity index (χ1) is 9.04. The number of carbonyl (C=O) groups is 2. The number of nitrogens with zero attached hydrogens (tertiary/aromatic N) is 2. The Morgan fingerprint density at radius 2 is 2.00 bits per heavy atom. The van der Waals surface area contributed by atoms with E-state index < -0.39 is 5.97 Å². The van der Waals surface area contributed by atoms with Gasteiger partial charge in [-0.1, -0.05) is 12.1 Å². The highest BCUT2D eigenvalue weighted by Crippen LogP contribution is 2.11. The molecule has 2 aromatic rings.